The van der Waals surface area contributed by atoms with Crippen LogP contribution in [0.2, 0.25) is 0 Å². The maximum absolute atomic E-state index is 12.6. The molecule has 1 saturated carbocycles. The van der Waals surface area contributed by atoms with Gasteiger partial charge in [0.1, 0.15) is 0 Å². The third-order valence-corrected chi connectivity index (χ3v) is 6.14. The standard InChI is InChI=1S/C14H19NO3S/c1-9-3-10(2)5-12(4-9)19(17,18)15-7-11-6-14(16)13(11)8-15/h3-5,11,13-14,16H,6-8H2,1-2H3/t11-,13+,14-/m1/s1. The molecule has 1 saturated heterocycles. The van der Waals surface area contributed by atoms with Gasteiger partial charge in [-0.25, -0.2) is 8.42 Å². The molecule has 0 amide bonds. The van der Waals surface area contributed by atoms with Crippen molar-refractivity contribution in [2.45, 2.75) is 31.3 Å². The number of aryl methyl sites for hydroxylation is 2. The fourth-order valence-electron chi connectivity index (χ4n) is 3.26. The first-order valence-corrected chi connectivity index (χ1v) is 8.08. The van der Waals surface area contributed by atoms with Crippen molar-refractivity contribution in [3.63, 3.8) is 0 Å². The molecule has 0 bridgehead atoms. The Kier molecular flexibility index (Phi) is 2.96. The predicted octanol–water partition coefficient (Wildman–Crippen LogP) is 1.30. The van der Waals surface area contributed by atoms with Crippen LogP contribution in [0.1, 0.15) is 17.5 Å². The summed E-state index contributed by atoms with van der Waals surface area (Å²) in [6, 6.07) is 5.41. The fourth-order valence-corrected chi connectivity index (χ4v) is 4.98. The Morgan fingerprint density at radius 2 is 1.79 bits per heavy atom. The van der Waals surface area contributed by atoms with Crippen LogP contribution in [-0.2, 0) is 10.0 Å². The molecule has 1 aliphatic heterocycles. The molecule has 0 radical (unpaired) electrons. The van der Waals surface area contributed by atoms with Gasteiger partial charge in [0, 0.05) is 19.0 Å². The number of hydrogen-bond acceptors (Lipinski definition) is 3. The molecule has 19 heavy (non-hydrogen) atoms. The maximum Gasteiger partial charge on any atom is 0.243 e. The smallest absolute Gasteiger partial charge is 0.243 e. The van der Waals surface area contributed by atoms with Gasteiger partial charge < -0.3 is 5.11 Å². The first kappa shape index (κ1) is 13.1. The van der Waals surface area contributed by atoms with Gasteiger partial charge in [-0.2, -0.15) is 4.31 Å². The Morgan fingerprint density at radius 1 is 1.16 bits per heavy atom. The third kappa shape index (κ3) is 2.10. The van der Waals surface area contributed by atoms with Crippen molar-refractivity contribution in [3.8, 4) is 0 Å². The summed E-state index contributed by atoms with van der Waals surface area (Å²) in [6.45, 7) is 4.82. The summed E-state index contributed by atoms with van der Waals surface area (Å²) >= 11 is 0. The minimum atomic E-state index is -3.41. The Morgan fingerprint density at radius 3 is 2.32 bits per heavy atom. The molecule has 4 nitrogen and oxygen atoms in total. The molecule has 3 atom stereocenters. The monoisotopic (exact) mass is 281 g/mol. The zero-order chi connectivity index (χ0) is 13.8. The average molecular weight is 281 g/mol. The SMILES string of the molecule is Cc1cc(C)cc(S(=O)(=O)N2C[C@H]3C[C@@H](O)[C@H]3C2)c1. The molecule has 0 spiro atoms. The molecule has 1 heterocycles. The van der Waals surface area contributed by atoms with Gasteiger partial charge in [0.25, 0.3) is 0 Å². The molecule has 104 valence electrons. The van der Waals surface area contributed by atoms with Crippen LogP contribution in [0.4, 0.5) is 0 Å². The second kappa shape index (κ2) is 4.30. The van der Waals surface area contributed by atoms with Crippen molar-refractivity contribution >= 4 is 10.0 Å². The maximum atomic E-state index is 12.6. The lowest BCUT2D eigenvalue weighted by Gasteiger charge is -2.34. The van der Waals surface area contributed by atoms with Crippen molar-refractivity contribution in [3.05, 3.63) is 29.3 Å². The second-order valence-corrected chi connectivity index (χ2v) is 7.81. The highest BCUT2D eigenvalue weighted by molar-refractivity contribution is 7.89. The Balaban J connectivity index is 1.91. The molecule has 1 aromatic rings. The summed E-state index contributed by atoms with van der Waals surface area (Å²) in [7, 11) is -3.41. The largest absolute Gasteiger partial charge is 0.393 e. The third-order valence-electron chi connectivity index (χ3n) is 4.33. The van der Waals surface area contributed by atoms with Gasteiger partial charge in [-0.3, -0.25) is 0 Å². The van der Waals surface area contributed by atoms with Crippen molar-refractivity contribution in [1.29, 1.82) is 0 Å². The molecule has 1 aromatic carbocycles. The van der Waals surface area contributed by atoms with E-state index in [4.69, 9.17) is 0 Å². The highest BCUT2D eigenvalue weighted by Gasteiger charge is 2.49. The van der Waals surface area contributed by atoms with E-state index in [1.165, 1.54) is 4.31 Å². The van der Waals surface area contributed by atoms with Crippen molar-refractivity contribution < 1.29 is 13.5 Å². The average Bonchev–Trinajstić information content (AvgIpc) is 2.65. The molecule has 1 aliphatic carbocycles. The summed E-state index contributed by atoms with van der Waals surface area (Å²) in [4.78, 5) is 0.376. The number of aliphatic hydroxyl groups is 1. The van der Waals surface area contributed by atoms with E-state index < -0.39 is 10.0 Å². The van der Waals surface area contributed by atoms with Crippen LogP contribution in [0.25, 0.3) is 0 Å². The van der Waals surface area contributed by atoms with Crippen molar-refractivity contribution in [2.24, 2.45) is 11.8 Å². The minimum Gasteiger partial charge on any atom is -0.393 e. The van der Waals surface area contributed by atoms with Crippen molar-refractivity contribution in [1.82, 2.24) is 4.31 Å². The van der Waals surface area contributed by atoms with E-state index in [0.717, 1.165) is 17.5 Å². The molecule has 5 heteroatoms. The summed E-state index contributed by atoms with van der Waals surface area (Å²) in [6.07, 6.45) is 0.424. The lowest BCUT2D eigenvalue weighted by atomic mass is 9.74. The Bertz CT molecular complexity index is 591. The number of sulfonamides is 1. The fraction of sp³-hybridized carbons (Fsp3) is 0.571. The summed E-state index contributed by atoms with van der Waals surface area (Å²) < 4.78 is 26.8. The van der Waals surface area contributed by atoms with Gasteiger partial charge in [-0.1, -0.05) is 6.07 Å². The molecular weight excluding hydrogens is 262 g/mol. The molecular formula is C14H19NO3S. The molecule has 2 fully saturated rings. The highest BCUT2D eigenvalue weighted by atomic mass is 32.2. The number of hydrogen-bond donors (Lipinski definition) is 1. The van der Waals surface area contributed by atoms with E-state index >= 15 is 0 Å². The summed E-state index contributed by atoms with van der Waals surface area (Å²) in [5.41, 5.74) is 1.92. The van der Waals surface area contributed by atoms with E-state index in [9.17, 15) is 13.5 Å². The van der Waals surface area contributed by atoms with Gasteiger partial charge in [-0.05, 0) is 49.4 Å². The highest BCUT2D eigenvalue weighted by Crippen LogP contribution is 2.42. The van der Waals surface area contributed by atoms with E-state index in [1.807, 2.05) is 19.9 Å². The number of nitrogens with zero attached hydrogens (tertiary/aromatic N) is 1. The molecule has 3 rings (SSSR count). The minimum absolute atomic E-state index is 0.140. The normalized spacial score (nSPS) is 31.0. The van der Waals surface area contributed by atoms with Gasteiger partial charge in [0.2, 0.25) is 10.0 Å². The Hall–Kier alpha value is -0.910. The molecule has 2 aliphatic rings. The van der Waals surface area contributed by atoms with Gasteiger partial charge in [0.15, 0.2) is 0 Å². The van der Waals surface area contributed by atoms with Crippen LogP contribution in [0.15, 0.2) is 23.1 Å². The molecule has 0 unspecified atom stereocenters. The number of rotatable bonds is 2. The predicted molar refractivity (Wildman–Crippen MR) is 72.3 cm³/mol. The van der Waals surface area contributed by atoms with Crippen LogP contribution in [0, 0.1) is 25.7 Å². The van der Waals surface area contributed by atoms with Crippen LogP contribution >= 0.6 is 0 Å². The van der Waals surface area contributed by atoms with Gasteiger partial charge in [-0.15, -0.1) is 0 Å². The lowest BCUT2D eigenvalue weighted by Crippen LogP contribution is -2.39. The first-order chi connectivity index (χ1) is 8.88. The topological polar surface area (TPSA) is 57.6 Å². The number of benzene rings is 1. The van der Waals surface area contributed by atoms with Crippen LogP contribution in [0.5, 0.6) is 0 Å². The quantitative estimate of drug-likeness (QED) is 0.889. The zero-order valence-corrected chi connectivity index (χ0v) is 12.0. The molecule has 0 aromatic heterocycles. The van der Waals surface area contributed by atoms with E-state index in [0.29, 0.717) is 23.9 Å². The van der Waals surface area contributed by atoms with Gasteiger partial charge >= 0.3 is 0 Å². The van der Waals surface area contributed by atoms with Gasteiger partial charge in [0.05, 0.1) is 11.0 Å². The van der Waals surface area contributed by atoms with Crippen LogP contribution in [0.3, 0.4) is 0 Å². The van der Waals surface area contributed by atoms with Crippen LogP contribution < -0.4 is 0 Å². The zero-order valence-electron chi connectivity index (χ0n) is 11.2. The summed E-state index contributed by atoms with van der Waals surface area (Å²) in [5.74, 6) is 0.483. The van der Waals surface area contributed by atoms with E-state index in [2.05, 4.69) is 0 Å². The molecule has 1 N–H and O–H groups in total. The van der Waals surface area contributed by atoms with Crippen LogP contribution in [-0.4, -0.2) is 37.0 Å². The lowest BCUT2D eigenvalue weighted by molar-refractivity contribution is -0.00416. The second-order valence-electron chi connectivity index (χ2n) is 5.87. The number of aliphatic hydroxyl groups excluding tert-OH is 1. The Labute approximate surface area is 114 Å². The summed E-state index contributed by atoms with van der Waals surface area (Å²) in [5, 5.41) is 9.64. The van der Waals surface area contributed by atoms with Crippen molar-refractivity contribution in [2.75, 3.05) is 13.1 Å². The van der Waals surface area contributed by atoms with E-state index in [1.54, 1.807) is 12.1 Å². The van der Waals surface area contributed by atoms with E-state index in [-0.39, 0.29) is 12.0 Å². The first-order valence-electron chi connectivity index (χ1n) is 6.64. The number of fused-ring (bicyclic) bond motifs is 1.